The van der Waals surface area contributed by atoms with Crippen molar-refractivity contribution in [3.8, 4) is 0 Å². The second-order valence-electron chi connectivity index (χ2n) is 5.03. The van der Waals surface area contributed by atoms with Gasteiger partial charge in [0.05, 0.1) is 11.8 Å². The van der Waals surface area contributed by atoms with Crippen LogP contribution in [0.5, 0.6) is 0 Å². The molecule has 116 valence electrons. The molecular weight excluding hydrogens is 282 g/mol. The molecule has 1 aromatic rings. The number of aryl methyl sites for hydroxylation is 1. The Morgan fingerprint density at radius 3 is 2.80 bits per heavy atom. The molecule has 1 rings (SSSR count). The van der Waals surface area contributed by atoms with Gasteiger partial charge in [-0.05, 0) is 27.2 Å². The van der Waals surface area contributed by atoms with E-state index in [1.54, 1.807) is 0 Å². The summed E-state index contributed by atoms with van der Waals surface area (Å²) in [6, 6.07) is 0. The van der Waals surface area contributed by atoms with Crippen LogP contribution in [0.4, 0.5) is 0 Å². The largest absolute Gasteiger partial charge is 0.396 e. The Balaban J connectivity index is 2.66. The molecule has 0 saturated heterocycles. The molecule has 20 heavy (non-hydrogen) atoms. The predicted molar refractivity (Wildman–Crippen MR) is 74.8 cm³/mol. The van der Waals surface area contributed by atoms with E-state index in [1.807, 2.05) is 20.8 Å². The molecule has 0 aliphatic carbocycles. The quantitative estimate of drug-likeness (QED) is 0.687. The fraction of sp³-hybridized carbons (Fsp3) is 0.750. The van der Waals surface area contributed by atoms with Gasteiger partial charge in [-0.15, -0.1) is 0 Å². The number of ether oxygens (including phenoxy) is 1. The van der Waals surface area contributed by atoms with Gasteiger partial charge in [0, 0.05) is 32.5 Å². The molecule has 7 nitrogen and oxygen atoms in total. The van der Waals surface area contributed by atoms with Gasteiger partial charge in [-0.2, -0.15) is 5.10 Å². The summed E-state index contributed by atoms with van der Waals surface area (Å²) in [5.74, 6) is 0. The maximum atomic E-state index is 12.1. The molecular formula is C12H23N3O4S. The minimum absolute atomic E-state index is 0.0444. The lowest BCUT2D eigenvalue weighted by atomic mass is 10.1. The molecule has 2 N–H and O–H groups in total. The standard InChI is InChI=1S/C12H23N3O4S/c1-4-19-12(2,3)10-14-20(17,18)11-8-13-15(9-11)6-5-7-16/h8-9,14,16H,4-7,10H2,1-3H3. The highest BCUT2D eigenvalue weighted by molar-refractivity contribution is 7.89. The SMILES string of the molecule is CCOC(C)(C)CNS(=O)(=O)c1cnn(CCCO)c1. The molecule has 0 aliphatic rings. The third-order valence-electron chi connectivity index (χ3n) is 2.69. The van der Waals surface area contributed by atoms with Gasteiger partial charge < -0.3 is 9.84 Å². The van der Waals surface area contributed by atoms with Gasteiger partial charge in [0.15, 0.2) is 0 Å². The Morgan fingerprint density at radius 1 is 1.50 bits per heavy atom. The van der Waals surface area contributed by atoms with Crippen LogP contribution >= 0.6 is 0 Å². The molecule has 1 aromatic heterocycles. The Hall–Kier alpha value is -0.960. The van der Waals surface area contributed by atoms with Gasteiger partial charge in [-0.1, -0.05) is 0 Å². The Bertz CT molecular complexity index is 511. The number of rotatable bonds is 9. The highest BCUT2D eigenvalue weighted by atomic mass is 32.2. The van der Waals surface area contributed by atoms with Crippen LogP contribution in [0.15, 0.2) is 17.3 Å². The first-order chi connectivity index (χ1) is 9.30. The average molecular weight is 305 g/mol. The highest BCUT2D eigenvalue weighted by Gasteiger charge is 2.23. The van der Waals surface area contributed by atoms with E-state index in [0.29, 0.717) is 19.6 Å². The van der Waals surface area contributed by atoms with Gasteiger partial charge in [-0.25, -0.2) is 13.1 Å². The molecule has 0 bridgehead atoms. The van der Waals surface area contributed by atoms with Crippen LogP contribution in [0.2, 0.25) is 0 Å². The molecule has 0 unspecified atom stereocenters. The summed E-state index contributed by atoms with van der Waals surface area (Å²) in [7, 11) is -3.59. The molecule has 0 atom stereocenters. The monoisotopic (exact) mass is 305 g/mol. The van der Waals surface area contributed by atoms with Crippen LogP contribution in [0.25, 0.3) is 0 Å². The van der Waals surface area contributed by atoms with Crippen LogP contribution in [0, 0.1) is 0 Å². The highest BCUT2D eigenvalue weighted by Crippen LogP contribution is 2.11. The zero-order valence-corrected chi connectivity index (χ0v) is 13.0. The number of hydrogen-bond acceptors (Lipinski definition) is 5. The van der Waals surface area contributed by atoms with Crippen LogP contribution in [0.3, 0.4) is 0 Å². The number of sulfonamides is 1. The van der Waals surface area contributed by atoms with Crippen molar-refractivity contribution in [3.05, 3.63) is 12.4 Å². The van der Waals surface area contributed by atoms with Gasteiger partial charge in [0.25, 0.3) is 0 Å². The third-order valence-corrected chi connectivity index (χ3v) is 4.04. The fourth-order valence-corrected chi connectivity index (χ4v) is 2.78. The molecule has 0 aliphatic heterocycles. The van der Waals surface area contributed by atoms with E-state index in [-0.39, 0.29) is 18.0 Å². The minimum atomic E-state index is -3.59. The summed E-state index contributed by atoms with van der Waals surface area (Å²) in [6.07, 6.45) is 3.28. The number of hydrogen-bond donors (Lipinski definition) is 2. The molecule has 0 aromatic carbocycles. The molecule has 0 fully saturated rings. The van der Waals surface area contributed by atoms with Gasteiger partial charge in [0.1, 0.15) is 4.90 Å². The van der Waals surface area contributed by atoms with Crippen LogP contribution in [-0.4, -0.2) is 48.7 Å². The number of aliphatic hydroxyl groups is 1. The van der Waals surface area contributed by atoms with E-state index >= 15 is 0 Å². The van der Waals surface area contributed by atoms with E-state index in [1.165, 1.54) is 17.1 Å². The second kappa shape index (κ2) is 7.16. The summed E-state index contributed by atoms with van der Waals surface area (Å²) >= 11 is 0. The molecule has 0 amide bonds. The number of nitrogens with one attached hydrogen (secondary N) is 1. The van der Waals surface area contributed by atoms with Crippen molar-refractivity contribution in [2.45, 2.75) is 44.2 Å². The van der Waals surface area contributed by atoms with Crippen molar-refractivity contribution in [3.63, 3.8) is 0 Å². The molecule has 1 heterocycles. The van der Waals surface area contributed by atoms with E-state index in [9.17, 15) is 8.42 Å². The number of aromatic nitrogens is 2. The fourth-order valence-electron chi connectivity index (χ4n) is 1.63. The van der Waals surface area contributed by atoms with E-state index in [2.05, 4.69) is 9.82 Å². The summed E-state index contributed by atoms with van der Waals surface area (Å²) in [5, 5.41) is 12.7. The average Bonchev–Trinajstić information content (AvgIpc) is 2.84. The molecule has 8 heteroatoms. The van der Waals surface area contributed by atoms with E-state index < -0.39 is 15.6 Å². The first-order valence-corrected chi connectivity index (χ1v) is 8.06. The van der Waals surface area contributed by atoms with Gasteiger partial charge >= 0.3 is 0 Å². The first-order valence-electron chi connectivity index (χ1n) is 6.57. The maximum Gasteiger partial charge on any atom is 0.243 e. The molecule has 0 radical (unpaired) electrons. The minimum Gasteiger partial charge on any atom is -0.396 e. The lowest BCUT2D eigenvalue weighted by Gasteiger charge is -2.24. The first kappa shape index (κ1) is 17.1. The van der Waals surface area contributed by atoms with Crippen molar-refractivity contribution >= 4 is 10.0 Å². The maximum absolute atomic E-state index is 12.1. The van der Waals surface area contributed by atoms with Crippen molar-refractivity contribution in [2.75, 3.05) is 19.8 Å². The summed E-state index contributed by atoms with van der Waals surface area (Å²) in [6.45, 7) is 6.74. The zero-order chi connectivity index (χ0) is 15.2. The summed E-state index contributed by atoms with van der Waals surface area (Å²) in [5.41, 5.74) is -0.561. The topological polar surface area (TPSA) is 93.5 Å². The molecule has 0 spiro atoms. The van der Waals surface area contributed by atoms with Crippen LogP contribution in [-0.2, 0) is 21.3 Å². The number of nitrogens with zero attached hydrogens (tertiary/aromatic N) is 2. The Kier molecular flexibility index (Phi) is 6.12. The normalized spacial score (nSPS) is 12.8. The van der Waals surface area contributed by atoms with Crippen molar-refractivity contribution in [2.24, 2.45) is 0 Å². The van der Waals surface area contributed by atoms with E-state index in [4.69, 9.17) is 9.84 Å². The number of aliphatic hydroxyl groups excluding tert-OH is 1. The van der Waals surface area contributed by atoms with Crippen molar-refractivity contribution in [1.29, 1.82) is 0 Å². The Morgan fingerprint density at radius 2 is 2.20 bits per heavy atom. The van der Waals surface area contributed by atoms with Gasteiger partial charge in [-0.3, -0.25) is 4.68 Å². The van der Waals surface area contributed by atoms with Crippen molar-refractivity contribution in [1.82, 2.24) is 14.5 Å². The van der Waals surface area contributed by atoms with Crippen molar-refractivity contribution < 1.29 is 18.3 Å². The van der Waals surface area contributed by atoms with Crippen LogP contribution in [0.1, 0.15) is 27.2 Å². The zero-order valence-electron chi connectivity index (χ0n) is 12.2. The Labute approximate surface area is 120 Å². The lowest BCUT2D eigenvalue weighted by Crippen LogP contribution is -2.40. The second-order valence-corrected chi connectivity index (χ2v) is 6.80. The summed E-state index contributed by atoms with van der Waals surface area (Å²) < 4.78 is 33.7. The van der Waals surface area contributed by atoms with Gasteiger partial charge in [0.2, 0.25) is 10.0 Å². The smallest absolute Gasteiger partial charge is 0.243 e. The summed E-state index contributed by atoms with van der Waals surface area (Å²) in [4.78, 5) is 0.114. The van der Waals surface area contributed by atoms with E-state index in [0.717, 1.165) is 0 Å². The predicted octanol–water partition coefficient (Wildman–Crippen LogP) is 0.359. The lowest BCUT2D eigenvalue weighted by molar-refractivity contribution is -0.00515. The van der Waals surface area contributed by atoms with Crippen LogP contribution < -0.4 is 4.72 Å². The third kappa shape index (κ3) is 5.20. The molecule has 0 saturated carbocycles.